The molecule has 2 N–H and O–H groups in total. The lowest BCUT2D eigenvalue weighted by Crippen LogP contribution is -2.31. The molecule has 0 atom stereocenters. The number of nitrogens with two attached hydrogens (primary N) is 1. The van der Waals surface area contributed by atoms with Crippen LogP contribution in [-0.2, 0) is 16.4 Å². The normalized spacial score (nSPS) is 11.4. The van der Waals surface area contributed by atoms with Gasteiger partial charge in [-0.05, 0) is 54.1 Å². The molecule has 7 nitrogen and oxygen atoms in total. The van der Waals surface area contributed by atoms with E-state index in [2.05, 4.69) is 9.97 Å². The summed E-state index contributed by atoms with van der Waals surface area (Å²) in [5.41, 5.74) is 7.45. The molecule has 4 aromatic rings. The maximum atomic E-state index is 13.9. The zero-order chi connectivity index (χ0) is 22.9. The van der Waals surface area contributed by atoms with E-state index >= 15 is 0 Å². The number of nitrogen functional groups attached to an aromatic ring is 1. The largest absolute Gasteiger partial charge is 0.384 e. The third-order valence-electron chi connectivity index (χ3n) is 4.88. The molecule has 0 fully saturated rings. The quantitative estimate of drug-likeness (QED) is 0.498. The molecule has 0 aliphatic rings. The Morgan fingerprint density at radius 3 is 2.59 bits per heavy atom. The molecule has 1 amide bonds. The van der Waals surface area contributed by atoms with Crippen LogP contribution in [0.4, 0.5) is 15.9 Å². The van der Waals surface area contributed by atoms with Crippen LogP contribution < -0.4 is 10.6 Å². The number of amides is 1. The van der Waals surface area contributed by atoms with E-state index in [-0.39, 0.29) is 22.7 Å². The van der Waals surface area contributed by atoms with Gasteiger partial charge in [0.15, 0.2) is 9.84 Å². The Balaban J connectivity index is 1.85. The predicted octanol–water partition coefficient (Wildman–Crippen LogP) is 3.60. The molecule has 0 unspecified atom stereocenters. The van der Waals surface area contributed by atoms with Crippen molar-refractivity contribution in [3.05, 3.63) is 90.0 Å². The standard InChI is InChI=1S/C23H19FN4O3S/c1-32(30,31)21-12-18(24)7-8-20(21)28(23(29)17-3-2-10-26-13-17)14-15-4-5-16-6-9-22(25)27-19(16)11-15/h2-13H,14H2,1H3,(H2,25,27). The summed E-state index contributed by atoms with van der Waals surface area (Å²) >= 11 is 0. The van der Waals surface area contributed by atoms with Gasteiger partial charge in [-0.1, -0.05) is 12.1 Å². The summed E-state index contributed by atoms with van der Waals surface area (Å²) in [6, 6.07) is 15.5. The number of carbonyl (C=O) groups is 1. The first kappa shape index (κ1) is 21.4. The van der Waals surface area contributed by atoms with Gasteiger partial charge in [-0.2, -0.15) is 0 Å². The van der Waals surface area contributed by atoms with E-state index in [0.29, 0.717) is 16.9 Å². The van der Waals surface area contributed by atoms with E-state index in [1.807, 2.05) is 18.2 Å². The van der Waals surface area contributed by atoms with Crippen molar-refractivity contribution in [2.45, 2.75) is 11.4 Å². The van der Waals surface area contributed by atoms with Crippen molar-refractivity contribution < 1.29 is 17.6 Å². The second kappa shape index (κ2) is 8.35. The fourth-order valence-electron chi connectivity index (χ4n) is 3.38. The molecular formula is C23H19FN4O3S. The first-order valence-electron chi connectivity index (χ1n) is 9.59. The summed E-state index contributed by atoms with van der Waals surface area (Å²) in [5.74, 6) is -0.834. The van der Waals surface area contributed by atoms with Crippen molar-refractivity contribution in [3.8, 4) is 0 Å². The van der Waals surface area contributed by atoms with Crippen LogP contribution in [0.3, 0.4) is 0 Å². The average Bonchev–Trinajstić information content (AvgIpc) is 2.77. The van der Waals surface area contributed by atoms with Gasteiger partial charge in [0.2, 0.25) is 0 Å². The van der Waals surface area contributed by atoms with E-state index in [9.17, 15) is 17.6 Å². The lowest BCUT2D eigenvalue weighted by Gasteiger charge is -2.25. The minimum atomic E-state index is -3.83. The fraction of sp³-hybridized carbons (Fsp3) is 0.0870. The molecule has 2 aromatic carbocycles. The monoisotopic (exact) mass is 450 g/mol. The Labute approximate surface area is 184 Å². The van der Waals surface area contributed by atoms with Gasteiger partial charge in [0, 0.05) is 24.0 Å². The zero-order valence-electron chi connectivity index (χ0n) is 17.1. The van der Waals surface area contributed by atoms with Crippen molar-refractivity contribution in [2.75, 3.05) is 16.9 Å². The molecule has 0 saturated heterocycles. The maximum absolute atomic E-state index is 13.9. The van der Waals surface area contributed by atoms with Crippen LogP contribution in [0.5, 0.6) is 0 Å². The number of sulfone groups is 1. The Morgan fingerprint density at radius 1 is 1.09 bits per heavy atom. The Bertz CT molecular complexity index is 1430. The van der Waals surface area contributed by atoms with Crippen molar-refractivity contribution >= 4 is 38.2 Å². The molecule has 4 rings (SSSR count). The van der Waals surface area contributed by atoms with Crippen LogP contribution in [0.15, 0.2) is 78.0 Å². The first-order chi connectivity index (χ1) is 15.2. The SMILES string of the molecule is CS(=O)(=O)c1cc(F)ccc1N(Cc1ccc2ccc(N)nc2c1)C(=O)c1cccnc1. The molecule has 2 heterocycles. The van der Waals surface area contributed by atoms with Crippen LogP contribution in [0.2, 0.25) is 0 Å². The topological polar surface area (TPSA) is 106 Å². The van der Waals surface area contributed by atoms with Gasteiger partial charge < -0.3 is 10.6 Å². The third kappa shape index (κ3) is 4.42. The summed E-state index contributed by atoms with van der Waals surface area (Å²) in [7, 11) is -3.83. The van der Waals surface area contributed by atoms with E-state index < -0.39 is 21.6 Å². The maximum Gasteiger partial charge on any atom is 0.260 e. The summed E-state index contributed by atoms with van der Waals surface area (Å²) in [6.45, 7) is 0.0221. The minimum Gasteiger partial charge on any atom is -0.384 e. The number of rotatable bonds is 5. The van der Waals surface area contributed by atoms with Crippen LogP contribution in [0.25, 0.3) is 10.9 Å². The van der Waals surface area contributed by atoms with E-state index in [1.165, 1.54) is 23.4 Å². The highest BCUT2D eigenvalue weighted by Crippen LogP contribution is 2.29. The highest BCUT2D eigenvalue weighted by Gasteiger charge is 2.25. The molecule has 32 heavy (non-hydrogen) atoms. The number of nitrogens with zero attached hydrogens (tertiary/aromatic N) is 3. The average molecular weight is 450 g/mol. The van der Waals surface area contributed by atoms with Crippen molar-refractivity contribution in [2.24, 2.45) is 0 Å². The lowest BCUT2D eigenvalue weighted by atomic mass is 10.1. The number of benzene rings is 2. The molecule has 0 radical (unpaired) electrons. The van der Waals surface area contributed by atoms with E-state index in [1.54, 1.807) is 24.3 Å². The third-order valence-corrected chi connectivity index (χ3v) is 6.01. The highest BCUT2D eigenvalue weighted by molar-refractivity contribution is 7.90. The van der Waals surface area contributed by atoms with Gasteiger partial charge in [0.1, 0.15) is 11.6 Å². The summed E-state index contributed by atoms with van der Waals surface area (Å²) < 4.78 is 38.7. The first-order valence-corrected chi connectivity index (χ1v) is 11.5. The molecule has 0 saturated carbocycles. The predicted molar refractivity (Wildman–Crippen MR) is 120 cm³/mol. The molecule has 162 valence electrons. The second-order valence-corrected chi connectivity index (χ2v) is 9.26. The van der Waals surface area contributed by atoms with Crippen LogP contribution >= 0.6 is 0 Å². The van der Waals surface area contributed by atoms with Crippen LogP contribution in [-0.4, -0.2) is 30.5 Å². The fourth-order valence-corrected chi connectivity index (χ4v) is 4.26. The number of carbonyl (C=O) groups excluding carboxylic acids is 1. The smallest absolute Gasteiger partial charge is 0.260 e. The molecular weight excluding hydrogens is 431 g/mol. The summed E-state index contributed by atoms with van der Waals surface area (Å²) in [4.78, 5) is 22.7. The highest BCUT2D eigenvalue weighted by atomic mass is 32.2. The molecule has 2 aromatic heterocycles. The summed E-state index contributed by atoms with van der Waals surface area (Å²) in [5, 5.41) is 0.867. The van der Waals surface area contributed by atoms with E-state index in [0.717, 1.165) is 23.8 Å². The molecule has 0 aliphatic carbocycles. The number of halogens is 1. The Hall–Kier alpha value is -3.85. The number of pyridine rings is 2. The van der Waals surface area contributed by atoms with Crippen molar-refractivity contribution in [1.82, 2.24) is 9.97 Å². The zero-order valence-corrected chi connectivity index (χ0v) is 17.9. The van der Waals surface area contributed by atoms with Gasteiger partial charge in [0.25, 0.3) is 5.91 Å². The lowest BCUT2D eigenvalue weighted by molar-refractivity contribution is 0.0984. The number of hydrogen-bond donors (Lipinski definition) is 1. The Kier molecular flexibility index (Phi) is 5.58. The van der Waals surface area contributed by atoms with Gasteiger partial charge in [-0.3, -0.25) is 9.78 Å². The molecule has 0 spiro atoms. The van der Waals surface area contributed by atoms with Gasteiger partial charge in [0.05, 0.1) is 28.2 Å². The number of fused-ring (bicyclic) bond motifs is 1. The molecule has 9 heteroatoms. The number of aromatic nitrogens is 2. The molecule has 0 bridgehead atoms. The Morgan fingerprint density at radius 2 is 1.88 bits per heavy atom. The van der Waals surface area contributed by atoms with Crippen molar-refractivity contribution in [3.63, 3.8) is 0 Å². The second-order valence-electron chi connectivity index (χ2n) is 7.28. The number of anilines is 2. The van der Waals surface area contributed by atoms with Crippen LogP contribution in [0.1, 0.15) is 15.9 Å². The summed E-state index contributed by atoms with van der Waals surface area (Å²) in [6.07, 6.45) is 3.89. The molecule has 0 aliphatic heterocycles. The van der Waals surface area contributed by atoms with Gasteiger partial charge in [-0.25, -0.2) is 17.8 Å². The minimum absolute atomic E-state index is 0.0221. The van der Waals surface area contributed by atoms with E-state index in [4.69, 9.17) is 5.73 Å². The van der Waals surface area contributed by atoms with Gasteiger partial charge in [-0.15, -0.1) is 0 Å². The van der Waals surface area contributed by atoms with Crippen molar-refractivity contribution in [1.29, 1.82) is 0 Å². The van der Waals surface area contributed by atoms with Gasteiger partial charge >= 0.3 is 0 Å². The van der Waals surface area contributed by atoms with Crippen LogP contribution in [0, 0.1) is 5.82 Å². The number of hydrogen-bond acceptors (Lipinski definition) is 6.